The third-order valence-electron chi connectivity index (χ3n) is 4.39. The molecule has 2 heterocycles. The van der Waals surface area contributed by atoms with Crippen LogP contribution in [0, 0.1) is 0 Å². The molecule has 0 saturated heterocycles. The summed E-state index contributed by atoms with van der Waals surface area (Å²) in [4.78, 5) is 28.8. The SMILES string of the molecule is COc1ccc(NC2=N[C@@H](CC(=O)Nc3ccc4c(c3)OCCO4)C(=O)N2)cc1. The fraction of sp³-hybridized carbons (Fsp3) is 0.250. The van der Waals surface area contributed by atoms with E-state index in [2.05, 4.69) is 20.9 Å². The minimum absolute atomic E-state index is 0.0753. The minimum Gasteiger partial charge on any atom is -0.497 e. The first-order valence-electron chi connectivity index (χ1n) is 9.10. The van der Waals surface area contributed by atoms with E-state index in [-0.39, 0.29) is 18.2 Å². The number of hydrogen-bond donors (Lipinski definition) is 3. The highest BCUT2D eigenvalue weighted by Crippen LogP contribution is 2.32. The summed E-state index contributed by atoms with van der Waals surface area (Å²) in [5.74, 6) is 1.59. The van der Waals surface area contributed by atoms with Crippen molar-refractivity contribution in [2.75, 3.05) is 31.0 Å². The Morgan fingerprint density at radius 1 is 1.14 bits per heavy atom. The Balaban J connectivity index is 1.35. The van der Waals surface area contributed by atoms with Crippen molar-refractivity contribution >= 4 is 29.1 Å². The van der Waals surface area contributed by atoms with Crippen LogP contribution < -0.4 is 30.2 Å². The summed E-state index contributed by atoms with van der Waals surface area (Å²) in [6, 6.07) is 11.5. The van der Waals surface area contributed by atoms with Gasteiger partial charge in [-0.15, -0.1) is 0 Å². The van der Waals surface area contributed by atoms with Gasteiger partial charge in [-0.2, -0.15) is 0 Å². The van der Waals surface area contributed by atoms with Gasteiger partial charge in [0.25, 0.3) is 5.91 Å². The molecule has 1 atom stereocenters. The lowest BCUT2D eigenvalue weighted by atomic mass is 10.2. The molecule has 2 aliphatic rings. The van der Waals surface area contributed by atoms with Crippen molar-refractivity contribution in [3.63, 3.8) is 0 Å². The maximum Gasteiger partial charge on any atom is 0.252 e. The Bertz CT molecular complexity index is 958. The number of anilines is 2. The molecule has 0 bridgehead atoms. The molecule has 150 valence electrons. The number of fused-ring (bicyclic) bond motifs is 1. The molecule has 2 aliphatic heterocycles. The molecule has 0 radical (unpaired) electrons. The Kier molecular flexibility index (Phi) is 5.19. The number of methoxy groups -OCH3 is 1. The third-order valence-corrected chi connectivity index (χ3v) is 4.39. The first-order valence-corrected chi connectivity index (χ1v) is 9.10. The van der Waals surface area contributed by atoms with E-state index in [4.69, 9.17) is 14.2 Å². The van der Waals surface area contributed by atoms with Crippen LogP contribution in [0.25, 0.3) is 0 Å². The number of rotatable bonds is 5. The second-order valence-corrected chi connectivity index (χ2v) is 6.45. The van der Waals surface area contributed by atoms with Crippen molar-refractivity contribution in [2.24, 2.45) is 4.99 Å². The van der Waals surface area contributed by atoms with Crippen LogP contribution in [0.4, 0.5) is 11.4 Å². The molecule has 0 spiro atoms. The molecule has 3 N–H and O–H groups in total. The van der Waals surface area contributed by atoms with Gasteiger partial charge in [0.15, 0.2) is 11.5 Å². The van der Waals surface area contributed by atoms with Gasteiger partial charge in [0, 0.05) is 17.4 Å². The van der Waals surface area contributed by atoms with E-state index in [1.807, 2.05) is 0 Å². The van der Waals surface area contributed by atoms with Crippen LogP contribution in [-0.4, -0.2) is 44.1 Å². The summed E-state index contributed by atoms with van der Waals surface area (Å²) < 4.78 is 16.1. The van der Waals surface area contributed by atoms with Crippen molar-refractivity contribution in [3.05, 3.63) is 42.5 Å². The van der Waals surface area contributed by atoms with E-state index < -0.39 is 6.04 Å². The lowest BCUT2D eigenvalue weighted by Crippen LogP contribution is -2.33. The number of ether oxygens (including phenoxy) is 3. The number of nitrogens with one attached hydrogen (secondary N) is 3. The maximum atomic E-state index is 12.4. The van der Waals surface area contributed by atoms with E-state index in [1.54, 1.807) is 49.6 Å². The molecular formula is C20H20N4O5. The molecule has 29 heavy (non-hydrogen) atoms. The Morgan fingerprint density at radius 2 is 1.86 bits per heavy atom. The number of carbonyl (C=O) groups excluding carboxylic acids is 2. The standard InChI is InChI=1S/C20H20N4O5/c1-27-14-5-2-12(3-6-14)22-20-23-15(19(26)24-20)11-18(25)21-13-4-7-16-17(10-13)29-9-8-28-16/h2-7,10,15H,8-9,11H2,1H3,(H,21,25)(H2,22,23,24,26)/t15-/m0/s1. The maximum absolute atomic E-state index is 12.4. The number of amides is 2. The van der Waals surface area contributed by atoms with Crippen LogP contribution >= 0.6 is 0 Å². The fourth-order valence-electron chi connectivity index (χ4n) is 2.97. The molecule has 0 fully saturated rings. The van der Waals surface area contributed by atoms with Crippen molar-refractivity contribution in [1.29, 1.82) is 0 Å². The predicted molar refractivity (Wildman–Crippen MR) is 107 cm³/mol. The fourth-order valence-corrected chi connectivity index (χ4v) is 2.97. The van der Waals surface area contributed by atoms with Gasteiger partial charge in [0.05, 0.1) is 13.5 Å². The Morgan fingerprint density at radius 3 is 2.62 bits per heavy atom. The second kappa shape index (κ2) is 8.09. The highest BCUT2D eigenvalue weighted by Gasteiger charge is 2.28. The molecule has 9 heteroatoms. The van der Waals surface area contributed by atoms with Crippen LogP contribution in [0.2, 0.25) is 0 Å². The number of guanidine groups is 1. The van der Waals surface area contributed by atoms with Gasteiger partial charge in [-0.25, -0.2) is 4.99 Å². The predicted octanol–water partition coefficient (Wildman–Crippen LogP) is 1.76. The molecular weight excluding hydrogens is 376 g/mol. The van der Waals surface area contributed by atoms with Gasteiger partial charge in [-0.1, -0.05) is 0 Å². The minimum atomic E-state index is -0.798. The zero-order valence-corrected chi connectivity index (χ0v) is 15.7. The molecule has 2 aromatic rings. The summed E-state index contributed by atoms with van der Waals surface area (Å²) >= 11 is 0. The summed E-state index contributed by atoms with van der Waals surface area (Å²) in [5, 5.41) is 8.41. The first-order chi connectivity index (χ1) is 14.1. The van der Waals surface area contributed by atoms with Crippen LogP contribution in [0.15, 0.2) is 47.5 Å². The lowest BCUT2D eigenvalue weighted by Gasteiger charge is -2.19. The molecule has 2 amide bonds. The van der Waals surface area contributed by atoms with Gasteiger partial charge in [0.2, 0.25) is 11.9 Å². The molecule has 2 aromatic carbocycles. The van der Waals surface area contributed by atoms with Gasteiger partial charge in [-0.3, -0.25) is 14.9 Å². The van der Waals surface area contributed by atoms with Crippen LogP contribution in [0.1, 0.15) is 6.42 Å². The van der Waals surface area contributed by atoms with Crippen molar-refractivity contribution in [1.82, 2.24) is 5.32 Å². The van der Waals surface area contributed by atoms with Crippen molar-refractivity contribution < 1.29 is 23.8 Å². The number of benzene rings is 2. The van der Waals surface area contributed by atoms with Crippen LogP contribution in [0.3, 0.4) is 0 Å². The number of carbonyl (C=O) groups is 2. The summed E-state index contributed by atoms with van der Waals surface area (Å²) in [6.07, 6.45) is -0.0753. The van der Waals surface area contributed by atoms with E-state index in [0.717, 1.165) is 11.4 Å². The van der Waals surface area contributed by atoms with Gasteiger partial charge < -0.3 is 24.8 Å². The van der Waals surface area contributed by atoms with Crippen LogP contribution in [-0.2, 0) is 9.59 Å². The van der Waals surface area contributed by atoms with Gasteiger partial charge >= 0.3 is 0 Å². The Labute approximate surface area is 167 Å². The monoisotopic (exact) mass is 396 g/mol. The molecule has 9 nitrogen and oxygen atoms in total. The average Bonchev–Trinajstić information content (AvgIpc) is 3.07. The zero-order valence-electron chi connectivity index (χ0n) is 15.7. The smallest absolute Gasteiger partial charge is 0.252 e. The van der Waals surface area contributed by atoms with E-state index in [1.165, 1.54) is 0 Å². The number of aliphatic imine (C=N–C) groups is 1. The Hall–Kier alpha value is -3.75. The van der Waals surface area contributed by atoms with Gasteiger partial charge in [0.1, 0.15) is 25.0 Å². The summed E-state index contributed by atoms with van der Waals surface area (Å²) in [6.45, 7) is 0.964. The second-order valence-electron chi connectivity index (χ2n) is 6.45. The average molecular weight is 396 g/mol. The van der Waals surface area contributed by atoms with E-state index >= 15 is 0 Å². The highest BCUT2D eigenvalue weighted by atomic mass is 16.6. The third kappa shape index (κ3) is 4.40. The van der Waals surface area contributed by atoms with E-state index in [9.17, 15) is 9.59 Å². The molecule has 4 rings (SSSR count). The van der Waals surface area contributed by atoms with Crippen molar-refractivity contribution in [3.8, 4) is 17.2 Å². The molecule has 0 aliphatic carbocycles. The highest BCUT2D eigenvalue weighted by molar-refractivity contribution is 6.11. The zero-order chi connectivity index (χ0) is 20.2. The number of hydrogen-bond acceptors (Lipinski definition) is 7. The van der Waals surface area contributed by atoms with Crippen molar-refractivity contribution in [2.45, 2.75) is 12.5 Å². The topological polar surface area (TPSA) is 110 Å². The normalized spacial score (nSPS) is 17.2. The lowest BCUT2D eigenvalue weighted by molar-refractivity contribution is -0.123. The molecule has 0 unspecified atom stereocenters. The summed E-state index contributed by atoms with van der Waals surface area (Å²) in [7, 11) is 1.59. The molecule has 0 saturated carbocycles. The van der Waals surface area contributed by atoms with E-state index in [0.29, 0.717) is 36.4 Å². The van der Waals surface area contributed by atoms with Gasteiger partial charge in [-0.05, 0) is 36.4 Å². The largest absolute Gasteiger partial charge is 0.497 e. The van der Waals surface area contributed by atoms with Crippen LogP contribution in [0.5, 0.6) is 17.2 Å². The first kappa shape index (κ1) is 18.6. The quantitative estimate of drug-likeness (QED) is 0.710. The summed E-state index contributed by atoms with van der Waals surface area (Å²) in [5.41, 5.74) is 1.31. The molecule has 0 aromatic heterocycles. The number of nitrogens with zero attached hydrogens (tertiary/aromatic N) is 1.